The van der Waals surface area contributed by atoms with Crippen molar-refractivity contribution in [1.29, 1.82) is 0 Å². The van der Waals surface area contributed by atoms with Crippen molar-refractivity contribution in [2.45, 2.75) is 36.5 Å². The first-order valence-corrected chi connectivity index (χ1v) is 10.7. The Morgan fingerprint density at radius 2 is 1.71 bits per heavy atom. The predicted octanol–water partition coefficient (Wildman–Crippen LogP) is 5.23. The Bertz CT molecular complexity index is 1090. The van der Waals surface area contributed by atoms with E-state index in [1.165, 1.54) is 5.56 Å². The summed E-state index contributed by atoms with van der Waals surface area (Å²) in [5, 5.41) is -0.677. The molecule has 31 heavy (non-hydrogen) atoms. The zero-order valence-electron chi connectivity index (χ0n) is 16.8. The highest BCUT2D eigenvalue weighted by Crippen LogP contribution is 2.33. The molecule has 0 N–H and O–H groups in total. The molecular formula is C23H20F3N3OS. The molecule has 2 aromatic carbocycles. The fourth-order valence-corrected chi connectivity index (χ4v) is 4.40. The summed E-state index contributed by atoms with van der Waals surface area (Å²) >= 11 is 0.952. The van der Waals surface area contributed by atoms with Crippen molar-refractivity contribution in [3.63, 3.8) is 0 Å². The van der Waals surface area contributed by atoms with Gasteiger partial charge in [-0.05, 0) is 30.5 Å². The maximum atomic E-state index is 13.4. The third kappa shape index (κ3) is 4.90. The summed E-state index contributed by atoms with van der Waals surface area (Å²) in [5.74, 6) is -0.137. The van der Waals surface area contributed by atoms with Crippen molar-refractivity contribution in [2.75, 3.05) is 6.54 Å². The Morgan fingerprint density at radius 3 is 2.42 bits per heavy atom. The van der Waals surface area contributed by atoms with Gasteiger partial charge in [0.05, 0.1) is 10.9 Å². The number of thioether (sulfide) groups is 1. The van der Waals surface area contributed by atoms with Crippen LogP contribution in [-0.4, -0.2) is 32.6 Å². The van der Waals surface area contributed by atoms with E-state index in [2.05, 4.69) is 16.0 Å². The molecule has 1 aliphatic heterocycles. The third-order valence-corrected chi connectivity index (χ3v) is 6.09. The van der Waals surface area contributed by atoms with Crippen molar-refractivity contribution >= 4 is 17.7 Å². The molecule has 0 saturated heterocycles. The molecule has 0 fully saturated rings. The van der Waals surface area contributed by atoms with Gasteiger partial charge in [-0.3, -0.25) is 4.79 Å². The Labute approximate surface area is 182 Å². The molecule has 1 atom stereocenters. The second kappa shape index (κ2) is 8.70. The fraction of sp³-hybridized carbons (Fsp3) is 0.261. The van der Waals surface area contributed by atoms with E-state index in [0.29, 0.717) is 18.7 Å². The highest BCUT2D eigenvalue weighted by molar-refractivity contribution is 8.00. The highest BCUT2D eigenvalue weighted by Gasteiger charge is 2.34. The van der Waals surface area contributed by atoms with Crippen LogP contribution >= 0.6 is 11.8 Å². The van der Waals surface area contributed by atoms with Crippen LogP contribution in [0, 0.1) is 0 Å². The molecule has 3 aromatic rings. The fourth-order valence-electron chi connectivity index (χ4n) is 3.53. The standard InChI is InChI=1S/C23H20F3N3OS/c1-15(21(30)29-12-11-16-7-5-6-10-18(16)14-29)31-22-27-19(17-8-3-2-4-9-17)13-20(28-22)23(24,25)26/h2-10,13,15H,11-12,14H2,1H3. The van der Waals surface area contributed by atoms with Crippen LogP contribution in [0.15, 0.2) is 65.8 Å². The first-order chi connectivity index (χ1) is 14.8. The Morgan fingerprint density at radius 1 is 1.03 bits per heavy atom. The van der Waals surface area contributed by atoms with Gasteiger partial charge in [0.25, 0.3) is 0 Å². The number of hydrogen-bond donors (Lipinski definition) is 0. The summed E-state index contributed by atoms with van der Waals surface area (Å²) < 4.78 is 40.2. The molecule has 4 nitrogen and oxygen atoms in total. The molecule has 1 aromatic heterocycles. The van der Waals surface area contributed by atoms with Crippen molar-refractivity contribution in [1.82, 2.24) is 14.9 Å². The van der Waals surface area contributed by atoms with Crippen LogP contribution in [0.3, 0.4) is 0 Å². The zero-order chi connectivity index (χ0) is 22.0. The summed E-state index contributed by atoms with van der Waals surface area (Å²) in [6, 6.07) is 17.5. The molecule has 160 valence electrons. The van der Waals surface area contributed by atoms with E-state index in [0.717, 1.165) is 29.8 Å². The number of nitrogens with zero attached hydrogens (tertiary/aromatic N) is 3. The highest BCUT2D eigenvalue weighted by atomic mass is 32.2. The van der Waals surface area contributed by atoms with Gasteiger partial charge in [-0.25, -0.2) is 9.97 Å². The van der Waals surface area contributed by atoms with Crippen molar-refractivity contribution in [2.24, 2.45) is 0 Å². The molecule has 2 heterocycles. The number of amides is 1. The monoisotopic (exact) mass is 443 g/mol. The van der Waals surface area contributed by atoms with Gasteiger partial charge in [-0.1, -0.05) is 66.4 Å². The molecule has 0 saturated carbocycles. The number of rotatable bonds is 4. The summed E-state index contributed by atoms with van der Waals surface area (Å²) in [6.45, 7) is 2.76. The molecular weight excluding hydrogens is 423 g/mol. The van der Waals surface area contributed by atoms with E-state index in [9.17, 15) is 18.0 Å². The van der Waals surface area contributed by atoms with Crippen molar-refractivity contribution in [3.05, 3.63) is 77.5 Å². The molecule has 0 aliphatic carbocycles. The molecule has 0 spiro atoms. The predicted molar refractivity (Wildman–Crippen MR) is 113 cm³/mol. The quantitative estimate of drug-likeness (QED) is 0.409. The molecule has 0 radical (unpaired) electrons. The number of halogens is 3. The van der Waals surface area contributed by atoms with Gasteiger partial charge in [0.15, 0.2) is 5.16 Å². The van der Waals surface area contributed by atoms with Crippen molar-refractivity contribution in [3.8, 4) is 11.3 Å². The molecule has 0 bridgehead atoms. The number of aromatic nitrogens is 2. The van der Waals surface area contributed by atoms with E-state index in [1.807, 2.05) is 18.2 Å². The second-order valence-electron chi connectivity index (χ2n) is 7.32. The summed E-state index contributed by atoms with van der Waals surface area (Å²) in [5.41, 5.74) is 2.04. The third-order valence-electron chi connectivity index (χ3n) is 5.14. The normalized spacial score (nSPS) is 14.8. The number of carbonyl (C=O) groups is 1. The lowest BCUT2D eigenvalue weighted by atomic mass is 10.00. The maximum Gasteiger partial charge on any atom is 0.433 e. The summed E-state index contributed by atoms with van der Waals surface area (Å²) in [7, 11) is 0. The Balaban J connectivity index is 1.56. The SMILES string of the molecule is CC(Sc1nc(-c2ccccc2)cc(C(F)(F)F)n1)C(=O)N1CCc2ccccc2C1. The first kappa shape index (κ1) is 21.4. The lowest BCUT2D eigenvalue weighted by molar-refractivity contribution is -0.141. The van der Waals surface area contributed by atoms with Gasteiger partial charge in [0, 0.05) is 18.7 Å². The number of alkyl halides is 3. The van der Waals surface area contributed by atoms with Gasteiger partial charge in [-0.15, -0.1) is 0 Å². The minimum atomic E-state index is -4.61. The van der Waals surface area contributed by atoms with E-state index < -0.39 is 17.1 Å². The number of carbonyl (C=O) groups excluding carboxylic acids is 1. The minimum Gasteiger partial charge on any atom is -0.337 e. The number of fused-ring (bicyclic) bond motifs is 1. The van der Waals surface area contributed by atoms with E-state index >= 15 is 0 Å². The average Bonchev–Trinajstić information content (AvgIpc) is 2.78. The Kier molecular flexibility index (Phi) is 6.00. The first-order valence-electron chi connectivity index (χ1n) is 9.85. The van der Waals surface area contributed by atoms with Crippen LogP contribution in [0.2, 0.25) is 0 Å². The zero-order valence-corrected chi connectivity index (χ0v) is 17.6. The topological polar surface area (TPSA) is 46.1 Å². The van der Waals surface area contributed by atoms with Gasteiger partial charge < -0.3 is 4.90 Å². The van der Waals surface area contributed by atoms with Crippen LogP contribution in [0.4, 0.5) is 13.2 Å². The van der Waals surface area contributed by atoms with Gasteiger partial charge in [-0.2, -0.15) is 13.2 Å². The maximum absolute atomic E-state index is 13.4. The summed E-state index contributed by atoms with van der Waals surface area (Å²) in [6.07, 6.45) is -3.84. The molecule has 1 amide bonds. The average molecular weight is 443 g/mol. The second-order valence-corrected chi connectivity index (χ2v) is 8.63. The van der Waals surface area contributed by atoms with E-state index in [-0.39, 0.29) is 16.8 Å². The van der Waals surface area contributed by atoms with Crippen molar-refractivity contribution < 1.29 is 18.0 Å². The number of benzene rings is 2. The largest absolute Gasteiger partial charge is 0.433 e. The molecule has 1 aliphatic rings. The van der Waals surface area contributed by atoms with Crippen LogP contribution in [0.1, 0.15) is 23.7 Å². The Hall–Kier alpha value is -2.87. The lowest BCUT2D eigenvalue weighted by Gasteiger charge is -2.30. The molecule has 1 unspecified atom stereocenters. The summed E-state index contributed by atoms with van der Waals surface area (Å²) in [4.78, 5) is 22.7. The van der Waals surface area contributed by atoms with Crippen LogP contribution < -0.4 is 0 Å². The van der Waals surface area contributed by atoms with E-state index in [1.54, 1.807) is 42.2 Å². The molecule has 4 rings (SSSR count). The van der Waals surface area contributed by atoms with Gasteiger partial charge in [0.1, 0.15) is 5.69 Å². The van der Waals surface area contributed by atoms with Crippen LogP contribution in [0.5, 0.6) is 0 Å². The van der Waals surface area contributed by atoms with Crippen LogP contribution in [-0.2, 0) is 23.9 Å². The van der Waals surface area contributed by atoms with Crippen LogP contribution in [0.25, 0.3) is 11.3 Å². The molecule has 8 heteroatoms. The van der Waals surface area contributed by atoms with Gasteiger partial charge in [0.2, 0.25) is 5.91 Å². The minimum absolute atomic E-state index is 0.0630. The number of hydrogen-bond acceptors (Lipinski definition) is 4. The smallest absolute Gasteiger partial charge is 0.337 e. The van der Waals surface area contributed by atoms with Gasteiger partial charge >= 0.3 is 6.18 Å². The lowest BCUT2D eigenvalue weighted by Crippen LogP contribution is -2.40. The van der Waals surface area contributed by atoms with E-state index in [4.69, 9.17) is 0 Å².